The summed E-state index contributed by atoms with van der Waals surface area (Å²) in [5.74, 6) is 1.90. The van der Waals surface area contributed by atoms with Gasteiger partial charge in [-0.3, -0.25) is 4.79 Å². The maximum Gasteiger partial charge on any atom is 0.252 e. The average molecular weight is 335 g/mol. The Morgan fingerprint density at radius 2 is 2.04 bits per heavy atom. The molecule has 0 atom stereocenters. The summed E-state index contributed by atoms with van der Waals surface area (Å²) >= 11 is 1.59. The molecule has 0 aliphatic rings. The highest BCUT2D eigenvalue weighted by Crippen LogP contribution is 2.15. The minimum atomic E-state index is -0.269. The summed E-state index contributed by atoms with van der Waals surface area (Å²) in [6, 6.07) is 6.43. The smallest absolute Gasteiger partial charge is 0.252 e. The molecule has 1 aromatic carbocycles. The number of aryl methyl sites for hydroxylation is 2. The quantitative estimate of drug-likeness (QED) is 0.764. The van der Waals surface area contributed by atoms with Gasteiger partial charge in [-0.15, -0.1) is 11.8 Å². The standard InChI is InChI=1S/C16H21N3O3S/c1-11-5-12(2)7-13(6-11)9-23-10-15(21)17-4-3-14-18-16(8-20)22-19-14/h5-7,20H,3-4,8-10H2,1-2H3,(H,17,21). The summed E-state index contributed by atoms with van der Waals surface area (Å²) < 4.78 is 4.78. The Morgan fingerprint density at radius 3 is 2.70 bits per heavy atom. The van der Waals surface area contributed by atoms with Crippen LogP contribution in [0.5, 0.6) is 0 Å². The first-order valence-corrected chi connectivity index (χ1v) is 8.56. The van der Waals surface area contributed by atoms with Crippen LogP contribution in [0.3, 0.4) is 0 Å². The van der Waals surface area contributed by atoms with Gasteiger partial charge < -0.3 is 14.9 Å². The van der Waals surface area contributed by atoms with Gasteiger partial charge in [0.2, 0.25) is 5.91 Å². The van der Waals surface area contributed by atoms with Crippen molar-refractivity contribution >= 4 is 17.7 Å². The summed E-state index contributed by atoms with van der Waals surface area (Å²) in [5.41, 5.74) is 3.73. The molecule has 2 N–H and O–H groups in total. The van der Waals surface area contributed by atoms with Gasteiger partial charge in [0.1, 0.15) is 6.61 Å². The maximum absolute atomic E-state index is 11.8. The second kappa shape index (κ2) is 8.69. The molecule has 0 radical (unpaired) electrons. The van der Waals surface area contributed by atoms with Crippen LogP contribution >= 0.6 is 11.8 Å². The highest BCUT2D eigenvalue weighted by atomic mass is 32.2. The maximum atomic E-state index is 11.8. The summed E-state index contributed by atoms with van der Waals surface area (Å²) in [6.07, 6.45) is 0.483. The van der Waals surface area contributed by atoms with Gasteiger partial charge in [0.15, 0.2) is 5.82 Å². The Labute approximate surface area is 139 Å². The first kappa shape index (κ1) is 17.5. The van der Waals surface area contributed by atoms with E-state index in [9.17, 15) is 4.79 Å². The van der Waals surface area contributed by atoms with E-state index < -0.39 is 0 Å². The molecule has 23 heavy (non-hydrogen) atoms. The molecular formula is C16H21N3O3S. The van der Waals surface area contributed by atoms with E-state index in [0.29, 0.717) is 24.5 Å². The molecule has 0 aliphatic heterocycles. The van der Waals surface area contributed by atoms with Crippen LogP contribution in [0.15, 0.2) is 22.7 Å². The van der Waals surface area contributed by atoms with E-state index in [1.807, 2.05) is 0 Å². The molecule has 1 aromatic heterocycles. The van der Waals surface area contributed by atoms with Crippen LogP contribution < -0.4 is 5.32 Å². The number of hydrogen-bond acceptors (Lipinski definition) is 6. The number of aromatic nitrogens is 2. The van der Waals surface area contributed by atoms with Crippen LogP contribution in [0.1, 0.15) is 28.4 Å². The minimum absolute atomic E-state index is 0.00903. The van der Waals surface area contributed by atoms with Crippen LogP contribution in [0, 0.1) is 13.8 Å². The van der Waals surface area contributed by atoms with Gasteiger partial charge in [-0.05, 0) is 19.4 Å². The van der Waals surface area contributed by atoms with E-state index in [1.165, 1.54) is 16.7 Å². The van der Waals surface area contributed by atoms with Crippen molar-refractivity contribution in [1.82, 2.24) is 15.5 Å². The van der Waals surface area contributed by atoms with Crippen molar-refractivity contribution in [3.8, 4) is 0 Å². The zero-order valence-corrected chi connectivity index (χ0v) is 14.2. The van der Waals surface area contributed by atoms with Crippen LogP contribution in [0.2, 0.25) is 0 Å². The van der Waals surface area contributed by atoms with Crippen LogP contribution in [0.25, 0.3) is 0 Å². The van der Waals surface area contributed by atoms with Crippen LogP contribution in [0.4, 0.5) is 0 Å². The van der Waals surface area contributed by atoms with Gasteiger partial charge in [-0.25, -0.2) is 0 Å². The van der Waals surface area contributed by atoms with Crippen molar-refractivity contribution in [2.75, 3.05) is 12.3 Å². The van der Waals surface area contributed by atoms with Crippen molar-refractivity contribution in [3.05, 3.63) is 46.6 Å². The lowest BCUT2D eigenvalue weighted by Crippen LogP contribution is -2.27. The molecule has 0 fully saturated rings. The van der Waals surface area contributed by atoms with E-state index in [2.05, 4.69) is 47.5 Å². The third-order valence-corrected chi connectivity index (χ3v) is 4.10. The van der Waals surface area contributed by atoms with Gasteiger partial charge in [-0.1, -0.05) is 34.5 Å². The highest BCUT2D eigenvalue weighted by molar-refractivity contribution is 7.99. The molecule has 0 bridgehead atoms. The number of carbonyl (C=O) groups is 1. The summed E-state index contributed by atoms with van der Waals surface area (Å²) in [6.45, 7) is 4.34. The van der Waals surface area contributed by atoms with Gasteiger partial charge in [0.05, 0.1) is 5.75 Å². The molecule has 2 rings (SSSR count). The Kier molecular flexibility index (Phi) is 6.61. The monoisotopic (exact) mass is 335 g/mol. The van der Waals surface area contributed by atoms with Crippen molar-refractivity contribution in [2.45, 2.75) is 32.6 Å². The zero-order valence-electron chi connectivity index (χ0n) is 13.3. The average Bonchev–Trinajstić information content (AvgIpc) is 2.94. The van der Waals surface area contributed by atoms with Gasteiger partial charge in [-0.2, -0.15) is 4.98 Å². The van der Waals surface area contributed by atoms with Crippen LogP contribution in [-0.4, -0.2) is 33.5 Å². The fraction of sp³-hybridized carbons (Fsp3) is 0.438. The lowest BCUT2D eigenvalue weighted by atomic mass is 10.1. The molecule has 6 nitrogen and oxygen atoms in total. The lowest BCUT2D eigenvalue weighted by molar-refractivity contribution is -0.118. The Hall–Kier alpha value is -1.86. The van der Waals surface area contributed by atoms with Crippen molar-refractivity contribution in [3.63, 3.8) is 0 Å². The van der Waals surface area contributed by atoms with Gasteiger partial charge >= 0.3 is 0 Å². The van der Waals surface area contributed by atoms with Crippen molar-refractivity contribution in [1.29, 1.82) is 0 Å². The number of aliphatic hydroxyl groups excluding tert-OH is 1. The highest BCUT2D eigenvalue weighted by Gasteiger charge is 2.06. The largest absolute Gasteiger partial charge is 0.387 e. The summed E-state index contributed by atoms with van der Waals surface area (Å²) in [4.78, 5) is 15.7. The molecule has 124 valence electrons. The Balaban J connectivity index is 1.65. The SMILES string of the molecule is Cc1cc(C)cc(CSCC(=O)NCCc2noc(CO)n2)c1. The Bertz CT molecular complexity index is 638. The fourth-order valence-electron chi connectivity index (χ4n) is 2.23. The fourth-order valence-corrected chi connectivity index (χ4v) is 3.03. The minimum Gasteiger partial charge on any atom is -0.387 e. The molecule has 0 unspecified atom stereocenters. The van der Waals surface area contributed by atoms with Crippen LogP contribution in [-0.2, 0) is 23.6 Å². The normalized spacial score (nSPS) is 10.7. The molecule has 2 aromatic rings. The number of nitrogens with one attached hydrogen (secondary N) is 1. The van der Waals surface area contributed by atoms with Gasteiger partial charge in [0.25, 0.3) is 5.89 Å². The second-order valence-corrected chi connectivity index (χ2v) is 6.34. The van der Waals surface area contributed by atoms with Crippen molar-refractivity contribution in [2.24, 2.45) is 0 Å². The van der Waals surface area contributed by atoms with Crippen molar-refractivity contribution < 1.29 is 14.4 Å². The predicted octanol–water partition coefficient (Wildman–Crippen LogP) is 1.77. The van der Waals surface area contributed by atoms with E-state index in [-0.39, 0.29) is 18.4 Å². The topological polar surface area (TPSA) is 88.2 Å². The number of carbonyl (C=O) groups excluding carboxylic acids is 1. The molecule has 0 saturated carbocycles. The number of rotatable bonds is 8. The third-order valence-electron chi connectivity index (χ3n) is 3.10. The molecule has 0 saturated heterocycles. The number of benzene rings is 1. The second-order valence-electron chi connectivity index (χ2n) is 5.35. The van der Waals surface area contributed by atoms with E-state index >= 15 is 0 Å². The van der Waals surface area contributed by atoms with E-state index in [0.717, 1.165) is 5.75 Å². The number of amides is 1. The Morgan fingerprint density at radius 1 is 1.30 bits per heavy atom. The molecule has 0 spiro atoms. The third kappa shape index (κ3) is 6.03. The molecule has 0 aliphatic carbocycles. The number of aliphatic hydroxyl groups is 1. The summed E-state index contributed by atoms with van der Waals surface area (Å²) in [7, 11) is 0. The van der Waals surface area contributed by atoms with Gasteiger partial charge in [0, 0.05) is 18.7 Å². The zero-order chi connectivity index (χ0) is 16.7. The number of hydrogen-bond donors (Lipinski definition) is 2. The number of thioether (sulfide) groups is 1. The van der Waals surface area contributed by atoms with E-state index in [4.69, 9.17) is 9.63 Å². The first-order chi connectivity index (χ1) is 11.1. The molecule has 7 heteroatoms. The number of nitrogens with zero attached hydrogens (tertiary/aromatic N) is 2. The first-order valence-electron chi connectivity index (χ1n) is 7.41. The lowest BCUT2D eigenvalue weighted by Gasteiger charge is -2.06. The predicted molar refractivity (Wildman–Crippen MR) is 89.0 cm³/mol. The molecule has 1 heterocycles. The molecule has 1 amide bonds. The molecular weight excluding hydrogens is 314 g/mol. The summed E-state index contributed by atoms with van der Waals surface area (Å²) in [5, 5.41) is 15.3. The van der Waals surface area contributed by atoms with E-state index in [1.54, 1.807) is 11.8 Å².